The molecule has 0 amide bonds. The zero-order valence-electron chi connectivity index (χ0n) is 14.8. The number of aryl methyl sites for hydroxylation is 1. The van der Waals surface area contributed by atoms with Gasteiger partial charge in [0.2, 0.25) is 0 Å². The molecule has 2 rings (SSSR count). The van der Waals surface area contributed by atoms with Crippen molar-refractivity contribution in [2.45, 2.75) is 45.7 Å². The highest BCUT2D eigenvalue weighted by Crippen LogP contribution is 2.27. The van der Waals surface area contributed by atoms with E-state index in [-0.39, 0.29) is 11.9 Å². The van der Waals surface area contributed by atoms with E-state index < -0.39 is 0 Å². The van der Waals surface area contributed by atoms with Crippen LogP contribution in [0.2, 0.25) is 0 Å². The van der Waals surface area contributed by atoms with E-state index in [4.69, 9.17) is 0 Å². The standard InChI is InChI=1S/C21H27FN2/c1-5-6-10-20(22)17(4)21(13-18-12-16(3)23-14-18)24-19-9-7-8-15(2)11-19/h5-11,14,16,21,23-24H,4,12-13H2,1-3H3/b6-5-,20-10+. The summed E-state index contributed by atoms with van der Waals surface area (Å²) in [6, 6.07) is 8.39. The second-order valence-electron chi connectivity index (χ2n) is 6.41. The molecule has 0 fully saturated rings. The van der Waals surface area contributed by atoms with Crippen molar-refractivity contribution in [3.05, 3.63) is 77.8 Å². The van der Waals surface area contributed by atoms with Gasteiger partial charge in [0, 0.05) is 17.3 Å². The molecule has 0 saturated carbocycles. The van der Waals surface area contributed by atoms with Crippen molar-refractivity contribution in [1.29, 1.82) is 0 Å². The van der Waals surface area contributed by atoms with Crippen molar-refractivity contribution in [3.8, 4) is 0 Å². The van der Waals surface area contributed by atoms with Gasteiger partial charge in [-0.15, -0.1) is 0 Å². The number of anilines is 1. The zero-order chi connectivity index (χ0) is 17.5. The lowest BCUT2D eigenvalue weighted by Crippen LogP contribution is -2.23. The van der Waals surface area contributed by atoms with Crippen molar-refractivity contribution in [2.24, 2.45) is 0 Å². The van der Waals surface area contributed by atoms with Crippen LogP contribution in [-0.2, 0) is 0 Å². The van der Waals surface area contributed by atoms with E-state index >= 15 is 0 Å². The Bertz CT molecular complexity index is 670. The van der Waals surface area contributed by atoms with E-state index in [2.05, 4.69) is 36.4 Å². The van der Waals surface area contributed by atoms with Crippen molar-refractivity contribution in [2.75, 3.05) is 5.32 Å². The molecular formula is C21H27FN2. The van der Waals surface area contributed by atoms with E-state index in [1.54, 1.807) is 12.2 Å². The second-order valence-corrected chi connectivity index (χ2v) is 6.41. The predicted molar refractivity (Wildman–Crippen MR) is 102 cm³/mol. The Morgan fingerprint density at radius 3 is 2.92 bits per heavy atom. The van der Waals surface area contributed by atoms with Crippen LogP contribution in [0.1, 0.15) is 32.3 Å². The number of hydrogen-bond acceptors (Lipinski definition) is 2. The molecular weight excluding hydrogens is 299 g/mol. The normalized spacial score (nSPS) is 19.1. The van der Waals surface area contributed by atoms with Crippen LogP contribution in [0.5, 0.6) is 0 Å². The second kappa shape index (κ2) is 8.53. The highest BCUT2D eigenvalue weighted by Gasteiger charge is 2.21. The third-order valence-corrected chi connectivity index (χ3v) is 4.13. The summed E-state index contributed by atoms with van der Waals surface area (Å²) >= 11 is 0. The Kier molecular flexibility index (Phi) is 6.42. The smallest absolute Gasteiger partial charge is 0.127 e. The van der Waals surface area contributed by atoms with Gasteiger partial charge in [0.15, 0.2) is 0 Å². The third kappa shape index (κ3) is 5.12. The van der Waals surface area contributed by atoms with Gasteiger partial charge in [-0.25, -0.2) is 4.39 Å². The van der Waals surface area contributed by atoms with E-state index in [0.29, 0.717) is 11.6 Å². The van der Waals surface area contributed by atoms with E-state index in [9.17, 15) is 4.39 Å². The maximum absolute atomic E-state index is 14.4. The fourth-order valence-corrected chi connectivity index (χ4v) is 2.83. The monoisotopic (exact) mass is 326 g/mol. The number of hydrogen-bond donors (Lipinski definition) is 2. The summed E-state index contributed by atoms with van der Waals surface area (Å²) in [6.45, 7) is 10.1. The van der Waals surface area contributed by atoms with E-state index in [1.165, 1.54) is 17.2 Å². The lowest BCUT2D eigenvalue weighted by molar-refractivity contribution is 0.620. The SMILES string of the molecule is C=C(/C(F)=C\C=C/C)C(CC1=CNC(C)C1)Nc1cccc(C)c1. The number of halogens is 1. The molecule has 0 bridgehead atoms. The molecule has 1 aliphatic heterocycles. The molecule has 3 heteroatoms. The molecule has 2 nitrogen and oxygen atoms in total. The van der Waals surface area contributed by atoms with Gasteiger partial charge >= 0.3 is 0 Å². The molecule has 128 valence electrons. The highest BCUT2D eigenvalue weighted by molar-refractivity contribution is 5.50. The molecule has 0 saturated heterocycles. The molecule has 0 aromatic heterocycles. The van der Waals surface area contributed by atoms with E-state index in [1.807, 2.05) is 32.0 Å². The minimum absolute atomic E-state index is 0.174. The van der Waals surface area contributed by atoms with Gasteiger partial charge < -0.3 is 10.6 Å². The van der Waals surface area contributed by atoms with Crippen LogP contribution < -0.4 is 10.6 Å². The Balaban J connectivity index is 2.18. The number of allylic oxidation sites excluding steroid dienone is 3. The van der Waals surface area contributed by atoms with Crippen molar-refractivity contribution in [3.63, 3.8) is 0 Å². The third-order valence-electron chi connectivity index (χ3n) is 4.13. The predicted octanol–water partition coefficient (Wildman–Crippen LogP) is 5.42. The molecule has 1 aromatic carbocycles. The largest absolute Gasteiger partial charge is 0.388 e. The molecule has 0 aliphatic carbocycles. The van der Waals surface area contributed by atoms with Crippen molar-refractivity contribution in [1.82, 2.24) is 5.32 Å². The van der Waals surface area contributed by atoms with Gasteiger partial charge in [0.1, 0.15) is 5.83 Å². The lowest BCUT2D eigenvalue weighted by atomic mass is 9.96. The molecule has 0 radical (unpaired) electrons. The van der Waals surface area contributed by atoms with Gasteiger partial charge in [0.05, 0.1) is 6.04 Å². The number of nitrogens with one attached hydrogen (secondary N) is 2. The first-order chi connectivity index (χ1) is 11.5. The number of benzene rings is 1. The Hall–Kier alpha value is -2.29. The van der Waals surface area contributed by atoms with Gasteiger partial charge in [0.25, 0.3) is 0 Å². The summed E-state index contributed by atoms with van der Waals surface area (Å²) in [5.41, 5.74) is 3.92. The molecule has 24 heavy (non-hydrogen) atoms. The van der Waals surface area contributed by atoms with Gasteiger partial charge in [-0.2, -0.15) is 0 Å². The quantitative estimate of drug-likeness (QED) is 0.654. The van der Waals surface area contributed by atoms with Crippen LogP contribution in [0, 0.1) is 6.92 Å². The molecule has 1 heterocycles. The molecule has 1 aromatic rings. The summed E-state index contributed by atoms with van der Waals surface area (Å²) in [7, 11) is 0. The topological polar surface area (TPSA) is 24.1 Å². The maximum atomic E-state index is 14.4. The van der Waals surface area contributed by atoms with Crippen LogP contribution in [0.3, 0.4) is 0 Å². The van der Waals surface area contributed by atoms with Crippen LogP contribution in [-0.4, -0.2) is 12.1 Å². The average molecular weight is 326 g/mol. The Labute approximate surface area is 144 Å². The summed E-state index contributed by atoms with van der Waals surface area (Å²) < 4.78 is 14.4. The first kappa shape index (κ1) is 18.1. The van der Waals surface area contributed by atoms with Crippen LogP contribution >= 0.6 is 0 Å². The van der Waals surface area contributed by atoms with Gasteiger partial charge in [-0.3, -0.25) is 0 Å². The average Bonchev–Trinajstić information content (AvgIpc) is 2.96. The molecule has 2 N–H and O–H groups in total. The summed E-state index contributed by atoms with van der Waals surface area (Å²) in [5.74, 6) is -0.280. The van der Waals surface area contributed by atoms with Gasteiger partial charge in [-0.1, -0.05) is 36.4 Å². The van der Waals surface area contributed by atoms with Crippen LogP contribution in [0.4, 0.5) is 10.1 Å². The first-order valence-electron chi connectivity index (χ1n) is 8.44. The van der Waals surface area contributed by atoms with Crippen molar-refractivity contribution >= 4 is 5.69 Å². The highest BCUT2D eigenvalue weighted by atomic mass is 19.1. The fraction of sp³-hybridized carbons (Fsp3) is 0.333. The zero-order valence-corrected chi connectivity index (χ0v) is 14.8. The fourth-order valence-electron chi connectivity index (χ4n) is 2.83. The summed E-state index contributed by atoms with van der Waals surface area (Å²) in [6.07, 6.45) is 8.75. The first-order valence-corrected chi connectivity index (χ1v) is 8.44. The summed E-state index contributed by atoms with van der Waals surface area (Å²) in [5, 5.41) is 6.76. The molecule has 2 unspecified atom stereocenters. The van der Waals surface area contributed by atoms with Crippen molar-refractivity contribution < 1.29 is 4.39 Å². The minimum atomic E-state index is -0.280. The maximum Gasteiger partial charge on any atom is 0.127 e. The van der Waals surface area contributed by atoms with Crippen LogP contribution in [0.15, 0.2) is 72.2 Å². The van der Waals surface area contributed by atoms with Gasteiger partial charge in [-0.05, 0) is 63.6 Å². The lowest BCUT2D eigenvalue weighted by Gasteiger charge is -2.22. The minimum Gasteiger partial charge on any atom is -0.388 e. The molecule has 2 atom stereocenters. The molecule has 0 spiro atoms. The summed E-state index contributed by atoms with van der Waals surface area (Å²) in [4.78, 5) is 0. The Morgan fingerprint density at radius 1 is 1.50 bits per heavy atom. The van der Waals surface area contributed by atoms with Crippen LogP contribution in [0.25, 0.3) is 0 Å². The molecule has 1 aliphatic rings. The Morgan fingerprint density at radius 2 is 2.29 bits per heavy atom. The van der Waals surface area contributed by atoms with E-state index in [0.717, 1.165) is 18.5 Å². The number of rotatable bonds is 7.